The molecule has 0 aliphatic rings. The van der Waals surface area contributed by atoms with E-state index in [1.807, 2.05) is 6.92 Å². The average Bonchev–Trinajstić information content (AvgIpc) is 2.39. The molecule has 0 nitrogen and oxygen atoms in total. The predicted molar refractivity (Wildman–Crippen MR) is 67.7 cm³/mol. The maximum absolute atomic E-state index is 13.5. The molecule has 1 rings (SSSR count). The fourth-order valence-electron chi connectivity index (χ4n) is 1.82. The molecule has 0 fully saturated rings. The van der Waals surface area contributed by atoms with Crippen molar-refractivity contribution in [2.45, 2.75) is 32.6 Å². The molecule has 0 N–H and O–H groups in total. The summed E-state index contributed by atoms with van der Waals surface area (Å²) < 4.78 is 66.1. The molecule has 0 aliphatic carbocycles. The number of unbranched alkanes of at least 4 members (excludes halogenated alkanes) is 3. The van der Waals surface area contributed by atoms with E-state index >= 15 is 0 Å². The Morgan fingerprint density at radius 1 is 0.737 bits per heavy atom. The molecule has 1 unspecified atom stereocenters. The summed E-state index contributed by atoms with van der Waals surface area (Å²) in [6, 6.07) is 0. The first-order valence-electron chi connectivity index (χ1n) is 6.14. The average molecular weight is 298 g/mol. The normalized spacial score (nSPS) is 12.8. The van der Waals surface area contributed by atoms with Gasteiger partial charge in [-0.1, -0.05) is 34.1 Å². The fourth-order valence-corrected chi connectivity index (χ4v) is 3.60. The highest BCUT2D eigenvalue weighted by atomic mass is 31.1. The van der Waals surface area contributed by atoms with Crippen LogP contribution in [-0.2, 0) is 0 Å². The second-order valence-corrected chi connectivity index (χ2v) is 6.69. The maximum Gasteiger partial charge on any atom is 0.200 e. The first-order valence-corrected chi connectivity index (χ1v) is 8.11. The number of benzene rings is 1. The molecule has 108 valence electrons. The summed E-state index contributed by atoms with van der Waals surface area (Å²) in [6.07, 6.45) is 4.12. The molecular formula is C13H16F5P. The van der Waals surface area contributed by atoms with Crippen molar-refractivity contribution in [3.63, 3.8) is 0 Å². The van der Waals surface area contributed by atoms with Crippen molar-refractivity contribution in [1.29, 1.82) is 0 Å². The second-order valence-electron chi connectivity index (χ2n) is 4.40. The molecule has 6 heteroatoms. The summed E-state index contributed by atoms with van der Waals surface area (Å²) in [6.45, 7) is 3.57. The molecule has 0 spiro atoms. The number of hydrogen-bond donors (Lipinski definition) is 0. The van der Waals surface area contributed by atoms with E-state index in [2.05, 4.69) is 0 Å². The first-order chi connectivity index (χ1) is 8.91. The first kappa shape index (κ1) is 16.4. The Hall–Kier alpha value is -0.700. The van der Waals surface area contributed by atoms with Crippen LogP contribution in [0.25, 0.3) is 0 Å². The summed E-state index contributed by atoms with van der Waals surface area (Å²) in [5.74, 6) is -9.15. The van der Waals surface area contributed by atoms with E-state index in [-0.39, 0.29) is 0 Å². The van der Waals surface area contributed by atoms with Gasteiger partial charge in [-0.05, 0) is 19.2 Å². The molecule has 0 bridgehead atoms. The summed E-state index contributed by atoms with van der Waals surface area (Å²) in [4.78, 5) is 0. The lowest BCUT2D eigenvalue weighted by Crippen LogP contribution is -2.20. The smallest absolute Gasteiger partial charge is 0.200 e. The monoisotopic (exact) mass is 298 g/mol. The van der Waals surface area contributed by atoms with Gasteiger partial charge in [-0.3, -0.25) is 0 Å². The van der Waals surface area contributed by atoms with Crippen LogP contribution < -0.4 is 5.30 Å². The van der Waals surface area contributed by atoms with Gasteiger partial charge < -0.3 is 0 Å². The van der Waals surface area contributed by atoms with Crippen molar-refractivity contribution >= 4 is 13.2 Å². The van der Waals surface area contributed by atoms with Crippen LogP contribution in [0.1, 0.15) is 32.6 Å². The Balaban J connectivity index is 2.94. The van der Waals surface area contributed by atoms with Crippen molar-refractivity contribution in [3.8, 4) is 0 Å². The Bertz CT molecular complexity index is 418. The Kier molecular flexibility index (Phi) is 6.18. The van der Waals surface area contributed by atoms with Crippen molar-refractivity contribution in [2.24, 2.45) is 0 Å². The summed E-state index contributed by atoms with van der Waals surface area (Å²) >= 11 is 0. The topological polar surface area (TPSA) is 0 Å². The quantitative estimate of drug-likeness (QED) is 0.235. The van der Waals surface area contributed by atoms with Crippen molar-refractivity contribution in [1.82, 2.24) is 0 Å². The predicted octanol–water partition coefficient (Wildman–Crippen LogP) is 4.70. The number of hydrogen-bond acceptors (Lipinski definition) is 0. The molecule has 19 heavy (non-hydrogen) atoms. The van der Waals surface area contributed by atoms with Crippen LogP contribution in [0.3, 0.4) is 0 Å². The van der Waals surface area contributed by atoms with Crippen LogP contribution in [0.5, 0.6) is 0 Å². The second kappa shape index (κ2) is 7.18. The molecule has 0 aromatic heterocycles. The Labute approximate surface area is 110 Å². The summed E-state index contributed by atoms with van der Waals surface area (Å²) in [5.41, 5.74) is 0. The fraction of sp³-hybridized carbons (Fsp3) is 0.538. The van der Waals surface area contributed by atoms with Gasteiger partial charge in [0.25, 0.3) is 0 Å². The summed E-state index contributed by atoms with van der Waals surface area (Å²) in [7, 11) is -1.38. The van der Waals surface area contributed by atoms with Crippen LogP contribution in [0.4, 0.5) is 22.0 Å². The highest BCUT2D eigenvalue weighted by molar-refractivity contribution is 7.64. The third-order valence-electron chi connectivity index (χ3n) is 2.92. The summed E-state index contributed by atoms with van der Waals surface area (Å²) in [5, 5.41) is -0.636. The maximum atomic E-state index is 13.5. The van der Waals surface area contributed by atoms with Gasteiger partial charge >= 0.3 is 0 Å². The molecule has 0 saturated heterocycles. The minimum absolute atomic E-state index is 0.466. The molecule has 1 aromatic carbocycles. The molecule has 1 atom stereocenters. The lowest BCUT2D eigenvalue weighted by Gasteiger charge is -2.15. The van der Waals surface area contributed by atoms with Crippen LogP contribution in [0.15, 0.2) is 0 Å². The molecular weight excluding hydrogens is 282 g/mol. The van der Waals surface area contributed by atoms with Gasteiger partial charge in [0.1, 0.15) is 0 Å². The van der Waals surface area contributed by atoms with Gasteiger partial charge in [-0.2, -0.15) is 0 Å². The standard InChI is InChI=1S/C13H16F5P/c1-3-4-5-6-7-19(2)13-11(17)9(15)8(14)10(16)12(13)18/h3-7H2,1-2H3. The van der Waals surface area contributed by atoms with Crippen molar-refractivity contribution in [3.05, 3.63) is 29.1 Å². The minimum atomic E-state index is -2.09. The van der Waals surface area contributed by atoms with Crippen LogP contribution in [0, 0.1) is 29.1 Å². The molecule has 0 heterocycles. The SMILES string of the molecule is CCCCCCP(C)c1c(F)c(F)c(F)c(F)c1F. The number of halogens is 5. The van der Waals surface area contributed by atoms with Crippen molar-refractivity contribution < 1.29 is 22.0 Å². The molecule has 0 saturated carbocycles. The van der Waals surface area contributed by atoms with Crippen LogP contribution in [-0.4, -0.2) is 12.8 Å². The van der Waals surface area contributed by atoms with E-state index in [9.17, 15) is 22.0 Å². The van der Waals surface area contributed by atoms with E-state index in [0.717, 1.165) is 25.7 Å². The minimum Gasteiger partial charge on any atom is -0.203 e. The zero-order chi connectivity index (χ0) is 14.6. The van der Waals surface area contributed by atoms with E-state index in [1.54, 1.807) is 6.66 Å². The molecule has 1 aromatic rings. The lowest BCUT2D eigenvalue weighted by atomic mass is 10.2. The van der Waals surface area contributed by atoms with Gasteiger partial charge in [0.2, 0.25) is 5.82 Å². The molecule has 0 aliphatic heterocycles. The van der Waals surface area contributed by atoms with Gasteiger partial charge in [-0.15, -0.1) is 0 Å². The van der Waals surface area contributed by atoms with Gasteiger partial charge in [0.05, 0.1) is 5.30 Å². The van der Waals surface area contributed by atoms with E-state index < -0.39 is 42.3 Å². The third-order valence-corrected chi connectivity index (χ3v) is 5.06. The van der Waals surface area contributed by atoms with Crippen molar-refractivity contribution in [2.75, 3.05) is 12.8 Å². The molecule has 0 amide bonds. The van der Waals surface area contributed by atoms with E-state index in [4.69, 9.17) is 0 Å². The third kappa shape index (κ3) is 3.65. The molecule has 0 radical (unpaired) electrons. The zero-order valence-electron chi connectivity index (χ0n) is 10.9. The lowest BCUT2D eigenvalue weighted by molar-refractivity contribution is 0.384. The van der Waals surface area contributed by atoms with Crippen LogP contribution >= 0.6 is 7.92 Å². The highest BCUT2D eigenvalue weighted by Gasteiger charge is 2.28. The zero-order valence-corrected chi connectivity index (χ0v) is 11.8. The largest absolute Gasteiger partial charge is 0.203 e. The van der Waals surface area contributed by atoms with Crippen LogP contribution in [0.2, 0.25) is 0 Å². The Morgan fingerprint density at radius 3 is 1.68 bits per heavy atom. The number of rotatable bonds is 6. The van der Waals surface area contributed by atoms with Gasteiger partial charge in [0, 0.05) is 0 Å². The van der Waals surface area contributed by atoms with Gasteiger partial charge in [-0.25, -0.2) is 22.0 Å². The van der Waals surface area contributed by atoms with E-state index in [1.165, 1.54) is 0 Å². The Morgan fingerprint density at radius 2 is 1.21 bits per heavy atom. The highest BCUT2D eigenvalue weighted by Crippen LogP contribution is 2.35. The van der Waals surface area contributed by atoms with Gasteiger partial charge in [0.15, 0.2) is 23.3 Å². The van der Waals surface area contributed by atoms with E-state index in [0.29, 0.717) is 6.16 Å².